The number of halogens is 1. The lowest BCUT2D eigenvalue weighted by molar-refractivity contribution is 0.773. The molecule has 6 heavy (non-hydrogen) atoms. The van der Waals surface area contributed by atoms with Gasteiger partial charge >= 0.3 is 0 Å². The lowest BCUT2D eigenvalue weighted by atomic mass is 10.4. The largest absolute Gasteiger partial charge is 0.144 e. The fourth-order valence-corrected chi connectivity index (χ4v) is 0.141. The van der Waals surface area contributed by atoms with Crippen LogP contribution in [0.5, 0.6) is 0 Å². The fourth-order valence-electron chi connectivity index (χ4n) is 0.141. The summed E-state index contributed by atoms with van der Waals surface area (Å²) in [6, 6.07) is 0. The Morgan fingerprint density at radius 3 is 2.67 bits per heavy atom. The zero-order valence-electron chi connectivity index (χ0n) is 3.66. The second kappa shape index (κ2) is 4.49. The molecular formula is C5H6F. The molecule has 0 amide bonds. The standard InChI is InChI=1S/C5H6F/c1-2-3-4-5-6/h3H,2H2,1H3. The molecule has 0 aromatic heterocycles. The number of unbranched alkanes of at least 4 members (excludes halogenated alkanes) is 1. The molecule has 0 saturated heterocycles. The molecule has 0 fully saturated rings. The van der Waals surface area contributed by atoms with E-state index < -0.39 is 0 Å². The van der Waals surface area contributed by atoms with Gasteiger partial charge in [0.25, 0.3) is 0 Å². The van der Waals surface area contributed by atoms with Crippen molar-refractivity contribution in [3.05, 3.63) is 6.42 Å². The quantitative estimate of drug-likeness (QED) is 0.423. The van der Waals surface area contributed by atoms with Crippen LogP contribution in [0.25, 0.3) is 0 Å². The van der Waals surface area contributed by atoms with Crippen molar-refractivity contribution in [3.63, 3.8) is 0 Å². The van der Waals surface area contributed by atoms with Crippen molar-refractivity contribution in [3.8, 4) is 12.1 Å². The Hall–Kier alpha value is -0.510. The van der Waals surface area contributed by atoms with Gasteiger partial charge in [-0.3, -0.25) is 0 Å². The van der Waals surface area contributed by atoms with Crippen molar-refractivity contribution in [2.24, 2.45) is 0 Å². The first-order valence-electron chi connectivity index (χ1n) is 1.84. The highest BCUT2D eigenvalue weighted by atomic mass is 19.1. The van der Waals surface area contributed by atoms with E-state index in [4.69, 9.17) is 0 Å². The number of rotatable bonds is 1. The normalized spacial score (nSPS) is 6.33. The molecule has 0 heterocycles. The molecule has 0 unspecified atom stereocenters. The maximum atomic E-state index is 10.8. The molecule has 0 aliphatic carbocycles. The SMILES string of the molecule is CC[CH]C#CF. The van der Waals surface area contributed by atoms with E-state index in [1.54, 1.807) is 6.42 Å². The van der Waals surface area contributed by atoms with Crippen LogP contribution in [0.15, 0.2) is 0 Å². The average molecular weight is 85.1 g/mol. The molecule has 0 aliphatic rings. The molecule has 0 rings (SSSR count). The van der Waals surface area contributed by atoms with Crippen LogP contribution in [-0.4, -0.2) is 0 Å². The molecule has 1 radical (unpaired) electrons. The highest BCUT2D eigenvalue weighted by Gasteiger charge is 1.66. The summed E-state index contributed by atoms with van der Waals surface area (Å²) in [4.78, 5) is 0. The van der Waals surface area contributed by atoms with Crippen LogP contribution in [-0.2, 0) is 0 Å². The Labute approximate surface area is 37.4 Å². The summed E-state index contributed by atoms with van der Waals surface area (Å²) < 4.78 is 10.8. The van der Waals surface area contributed by atoms with Gasteiger partial charge in [0.1, 0.15) is 6.17 Å². The summed E-state index contributed by atoms with van der Waals surface area (Å²) in [6.07, 6.45) is 3.65. The first kappa shape index (κ1) is 5.49. The van der Waals surface area contributed by atoms with E-state index >= 15 is 0 Å². The zero-order valence-corrected chi connectivity index (χ0v) is 3.66. The Morgan fingerprint density at radius 2 is 2.50 bits per heavy atom. The number of hydrogen-bond acceptors (Lipinski definition) is 0. The van der Waals surface area contributed by atoms with Gasteiger partial charge in [-0.1, -0.05) is 12.8 Å². The van der Waals surface area contributed by atoms with Crippen molar-refractivity contribution in [2.75, 3.05) is 0 Å². The van der Waals surface area contributed by atoms with Crippen LogP contribution in [0.1, 0.15) is 13.3 Å². The summed E-state index contributed by atoms with van der Waals surface area (Å²) >= 11 is 0. The predicted octanol–water partition coefficient (Wildman–Crippen LogP) is 1.53. The van der Waals surface area contributed by atoms with Crippen molar-refractivity contribution >= 4 is 0 Å². The average Bonchev–Trinajstić information content (AvgIpc) is 1.61. The summed E-state index contributed by atoms with van der Waals surface area (Å²) in [5, 5.41) is 0. The van der Waals surface area contributed by atoms with Gasteiger partial charge < -0.3 is 0 Å². The predicted molar refractivity (Wildman–Crippen MR) is 23.5 cm³/mol. The Balaban J connectivity index is 2.79. The molecule has 0 aromatic carbocycles. The van der Waals surface area contributed by atoms with Crippen molar-refractivity contribution < 1.29 is 4.39 Å². The first-order valence-corrected chi connectivity index (χ1v) is 1.84. The Bertz CT molecular complexity index is 65.7. The molecular weight excluding hydrogens is 79.1 g/mol. The Morgan fingerprint density at radius 1 is 1.83 bits per heavy atom. The van der Waals surface area contributed by atoms with Gasteiger partial charge in [0.2, 0.25) is 0 Å². The third kappa shape index (κ3) is 3.49. The van der Waals surface area contributed by atoms with E-state index in [-0.39, 0.29) is 0 Å². The molecule has 0 spiro atoms. The molecule has 0 bridgehead atoms. The maximum absolute atomic E-state index is 10.8. The summed E-state index contributed by atoms with van der Waals surface area (Å²) in [6.45, 7) is 1.91. The third-order valence-electron chi connectivity index (χ3n) is 0.361. The van der Waals surface area contributed by atoms with Gasteiger partial charge in [0, 0.05) is 6.42 Å². The van der Waals surface area contributed by atoms with Crippen molar-refractivity contribution in [1.29, 1.82) is 0 Å². The molecule has 0 nitrogen and oxygen atoms in total. The fraction of sp³-hybridized carbons (Fsp3) is 0.400. The van der Waals surface area contributed by atoms with Crippen molar-refractivity contribution in [2.45, 2.75) is 13.3 Å². The van der Waals surface area contributed by atoms with Gasteiger partial charge in [0.15, 0.2) is 0 Å². The third-order valence-corrected chi connectivity index (χ3v) is 0.361. The van der Waals surface area contributed by atoms with E-state index in [1.165, 1.54) is 6.17 Å². The van der Waals surface area contributed by atoms with Crippen LogP contribution >= 0.6 is 0 Å². The second-order valence-electron chi connectivity index (χ2n) is 0.851. The van der Waals surface area contributed by atoms with Crippen LogP contribution in [0.3, 0.4) is 0 Å². The molecule has 1 heteroatoms. The van der Waals surface area contributed by atoms with Gasteiger partial charge in [0.05, 0.1) is 0 Å². The van der Waals surface area contributed by atoms with E-state index in [1.807, 2.05) is 6.92 Å². The van der Waals surface area contributed by atoms with Crippen molar-refractivity contribution in [1.82, 2.24) is 0 Å². The summed E-state index contributed by atoms with van der Waals surface area (Å²) in [5.41, 5.74) is 0. The van der Waals surface area contributed by atoms with E-state index in [2.05, 4.69) is 5.92 Å². The molecule has 0 aliphatic heterocycles. The second-order valence-corrected chi connectivity index (χ2v) is 0.851. The van der Waals surface area contributed by atoms with Gasteiger partial charge in [-0.25, -0.2) is 0 Å². The summed E-state index contributed by atoms with van der Waals surface area (Å²) in [5.74, 6) is 2.16. The molecule has 0 atom stereocenters. The lowest BCUT2D eigenvalue weighted by Gasteiger charge is -1.69. The molecule has 0 aromatic rings. The van der Waals surface area contributed by atoms with Gasteiger partial charge in [-0.05, 0) is 6.42 Å². The minimum atomic E-state index is 0.816. The van der Waals surface area contributed by atoms with Crippen LogP contribution in [0, 0.1) is 18.5 Å². The monoisotopic (exact) mass is 85.0 g/mol. The minimum absolute atomic E-state index is 0.816. The highest BCUT2D eigenvalue weighted by molar-refractivity contribution is 5.03. The molecule has 0 N–H and O–H groups in total. The van der Waals surface area contributed by atoms with E-state index in [0.29, 0.717) is 0 Å². The van der Waals surface area contributed by atoms with Crippen LogP contribution in [0.4, 0.5) is 4.39 Å². The van der Waals surface area contributed by atoms with Crippen LogP contribution in [0.2, 0.25) is 0 Å². The topological polar surface area (TPSA) is 0 Å². The zero-order chi connectivity index (χ0) is 4.83. The minimum Gasteiger partial charge on any atom is -0.144 e. The van der Waals surface area contributed by atoms with E-state index in [0.717, 1.165) is 6.42 Å². The van der Waals surface area contributed by atoms with E-state index in [9.17, 15) is 4.39 Å². The molecule has 33 valence electrons. The maximum Gasteiger partial charge on any atom is 0.105 e. The first-order chi connectivity index (χ1) is 2.91. The lowest BCUT2D eigenvalue weighted by Crippen LogP contribution is -1.58. The molecule has 0 saturated carbocycles. The highest BCUT2D eigenvalue weighted by Crippen LogP contribution is 1.77. The smallest absolute Gasteiger partial charge is 0.105 e. The van der Waals surface area contributed by atoms with Gasteiger partial charge in [-0.2, -0.15) is 0 Å². The Kier molecular flexibility index (Phi) is 4.11. The van der Waals surface area contributed by atoms with Gasteiger partial charge in [-0.15, -0.1) is 4.39 Å². The number of hydrogen-bond donors (Lipinski definition) is 0. The summed E-state index contributed by atoms with van der Waals surface area (Å²) in [7, 11) is 0. The van der Waals surface area contributed by atoms with Crippen LogP contribution < -0.4 is 0 Å².